The van der Waals surface area contributed by atoms with E-state index < -0.39 is 5.66 Å². The van der Waals surface area contributed by atoms with Gasteiger partial charge in [-0.3, -0.25) is 5.32 Å². The third-order valence-electron chi connectivity index (χ3n) is 10.2. The molecule has 0 spiro atoms. The summed E-state index contributed by atoms with van der Waals surface area (Å²) in [5.41, 5.74) is 11.2. The zero-order chi connectivity index (χ0) is 30.9. The molecule has 1 aliphatic rings. The lowest BCUT2D eigenvalue weighted by Gasteiger charge is -2.47. The molecule has 1 aliphatic heterocycles. The summed E-state index contributed by atoms with van der Waals surface area (Å²) < 4.78 is 19.9. The van der Waals surface area contributed by atoms with Crippen LogP contribution in [0.4, 0.5) is 0 Å². The first-order chi connectivity index (χ1) is 17.1. The molecule has 5 N–H and O–H groups in total. The van der Waals surface area contributed by atoms with Gasteiger partial charge < -0.3 is 25.7 Å². The van der Waals surface area contributed by atoms with E-state index in [-0.39, 0.29) is 51.0 Å². The van der Waals surface area contributed by atoms with Crippen LogP contribution in [-0.2, 0) is 14.2 Å². The van der Waals surface area contributed by atoms with Gasteiger partial charge in [-0.15, -0.1) is 0 Å². The fourth-order valence-electron chi connectivity index (χ4n) is 5.46. The summed E-state index contributed by atoms with van der Waals surface area (Å²) >= 11 is 0. The Balaban J connectivity index is 3.34. The first kappa shape index (κ1) is 36.8. The number of hydrogen-bond donors (Lipinski definition) is 3. The molecule has 0 aromatic heterocycles. The molecule has 6 heteroatoms. The zero-order valence-electron chi connectivity index (χ0n) is 28.9. The number of rotatable bonds is 6. The molecule has 0 aromatic carbocycles. The summed E-state index contributed by atoms with van der Waals surface area (Å²) in [5.74, 6) is 1.04. The third-order valence-corrected chi connectivity index (χ3v) is 10.2. The van der Waals surface area contributed by atoms with Crippen LogP contribution in [0.1, 0.15) is 130 Å². The smallest absolute Gasteiger partial charge is 0.0685 e. The summed E-state index contributed by atoms with van der Waals surface area (Å²) in [6.45, 7) is 37.3. The fourth-order valence-corrected chi connectivity index (χ4v) is 5.46. The fraction of sp³-hybridized carbons (Fsp3) is 1.00. The molecule has 5 unspecified atom stereocenters. The number of hydrogen-bond acceptors (Lipinski definition) is 6. The van der Waals surface area contributed by atoms with Gasteiger partial charge in [0.15, 0.2) is 0 Å². The van der Waals surface area contributed by atoms with Gasteiger partial charge >= 0.3 is 0 Å². The minimum absolute atomic E-state index is 0.0660. The van der Waals surface area contributed by atoms with Crippen molar-refractivity contribution in [2.45, 2.75) is 164 Å². The summed E-state index contributed by atoms with van der Waals surface area (Å²) in [6, 6.07) is 0. The molecule has 1 saturated heterocycles. The average molecular weight is 556 g/mol. The second-order valence-corrected chi connectivity index (χ2v) is 17.0. The van der Waals surface area contributed by atoms with Crippen molar-refractivity contribution in [3.05, 3.63) is 0 Å². The second-order valence-electron chi connectivity index (χ2n) is 17.0. The molecule has 1 heterocycles. The predicted octanol–water partition coefficient (Wildman–Crippen LogP) is 6.89. The molecular formula is C33H69N3O3. The highest BCUT2D eigenvalue weighted by molar-refractivity contribution is 4.96. The normalized spacial score (nSPS) is 33.5. The topological polar surface area (TPSA) is 91.8 Å². The lowest BCUT2D eigenvalue weighted by atomic mass is 9.68. The molecule has 0 amide bonds. The summed E-state index contributed by atoms with van der Waals surface area (Å²) in [4.78, 5) is 0. The van der Waals surface area contributed by atoms with Gasteiger partial charge in [0.1, 0.15) is 0 Å². The predicted molar refractivity (Wildman–Crippen MR) is 167 cm³/mol. The van der Waals surface area contributed by atoms with Crippen molar-refractivity contribution in [3.8, 4) is 0 Å². The lowest BCUT2D eigenvalue weighted by molar-refractivity contribution is -0.129. The van der Waals surface area contributed by atoms with E-state index in [1.54, 1.807) is 0 Å². The van der Waals surface area contributed by atoms with Crippen molar-refractivity contribution in [3.63, 3.8) is 0 Å². The Morgan fingerprint density at radius 2 is 1.38 bits per heavy atom. The second kappa shape index (κ2) is 12.6. The van der Waals surface area contributed by atoms with E-state index in [4.69, 9.17) is 25.7 Å². The standard InChI is InChI=1S/C33H69N3O3/c1-23(30(10,11)34)20-37-28(6,7)18-26-17-27(4,5)32(14,15)39-21-24(2)31(12,13)36-33(16,35)25(3)22-38-29(8,9)19-26/h23-26,36H,17-22,34-35H2,1-16H3. The van der Waals surface area contributed by atoms with Gasteiger partial charge in [0, 0.05) is 17.0 Å². The molecule has 5 atom stereocenters. The molecule has 1 rings (SSSR count). The number of nitrogens with one attached hydrogen (secondary N) is 1. The van der Waals surface area contributed by atoms with E-state index in [1.165, 1.54) is 0 Å². The van der Waals surface area contributed by atoms with Crippen LogP contribution in [0, 0.1) is 29.1 Å². The van der Waals surface area contributed by atoms with Crippen molar-refractivity contribution in [1.29, 1.82) is 0 Å². The van der Waals surface area contributed by atoms with Gasteiger partial charge in [0.25, 0.3) is 0 Å². The van der Waals surface area contributed by atoms with Crippen molar-refractivity contribution >= 4 is 0 Å². The maximum Gasteiger partial charge on any atom is 0.0685 e. The Labute approximate surface area is 243 Å². The van der Waals surface area contributed by atoms with Crippen molar-refractivity contribution in [2.24, 2.45) is 40.6 Å². The largest absolute Gasteiger partial charge is 0.375 e. The van der Waals surface area contributed by atoms with E-state index >= 15 is 0 Å². The molecule has 0 radical (unpaired) electrons. The van der Waals surface area contributed by atoms with Crippen molar-refractivity contribution in [1.82, 2.24) is 5.32 Å². The number of ether oxygens (including phenoxy) is 3. The van der Waals surface area contributed by atoms with Gasteiger partial charge in [0.2, 0.25) is 0 Å². The van der Waals surface area contributed by atoms with Crippen LogP contribution >= 0.6 is 0 Å². The van der Waals surface area contributed by atoms with E-state index in [2.05, 4.69) is 116 Å². The first-order valence-corrected chi connectivity index (χ1v) is 15.4. The molecule has 0 saturated carbocycles. The van der Waals surface area contributed by atoms with Crippen LogP contribution in [0.5, 0.6) is 0 Å². The molecule has 39 heavy (non-hydrogen) atoms. The zero-order valence-corrected chi connectivity index (χ0v) is 28.9. The van der Waals surface area contributed by atoms with Gasteiger partial charge in [-0.25, -0.2) is 0 Å². The highest BCUT2D eigenvalue weighted by atomic mass is 16.5. The van der Waals surface area contributed by atoms with E-state index in [0.29, 0.717) is 25.7 Å². The van der Waals surface area contributed by atoms with Gasteiger partial charge in [0.05, 0.1) is 42.3 Å². The van der Waals surface area contributed by atoms with Gasteiger partial charge in [-0.05, 0) is 119 Å². The highest BCUT2D eigenvalue weighted by Crippen LogP contribution is 2.44. The summed E-state index contributed by atoms with van der Waals surface area (Å²) in [6.07, 6.45) is 2.88. The monoisotopic (exact) mass is 556 g/mol. The van der Waals surface area contributed by atoms with E-state index in [1.807, 2.05) is 0 Å². The van der Waals surface area contributed by atoms with Crippen LogP contribution in [0.2, 0.25) is 0 Å². The summed E-state index contributed by atoms with van der Waals surface area (Å²) in [5, 5.41) is 3.74. The SMILES string of the molecule is CC(COC(C)(C)CC1CC(C)(C)OCC(C)C(C)(N)NC(C)(C)C(C)COC(C)(C)C(C)(C)C1)C(C)(C)N. The lowest BCUT2D eigenvalue weighted by Crippen LogP contribution is -2.65. The van der Waals surface area contributed by atoms with Gasteiger partial charge in [-0.1, -0.05) is 34.6 Å². The molecular weight excluding hydrogens is 486 g/mol. The third kappa shape index (κ3) is 11.2. The van der Waals surface area contributed by atoms with Crippen molar-refractivity contribution < 1.29 is 14.2 Å². The van der Waals surface area contributed by atoms with Crippen molar-refractivity contribution in [2.75, 3.05) is 19.8 Å². The molecule has 1 fully saturated rings. The summed E-state index contributed by atoms with van der Waals surface area (Å²) in [7, 11) is 0. The Bertz CT molecular complexity index is 765. The van der Waals surface area contributed by atoms with Crippen LogP contribution in [-0.4, -0.2) is 53.4 Å². The van der Waals surface area contributed by atoms with Gasteiger partial charge in [-0.2, -0.15) is 0 Å². The van der Waals surface area contributed by atoms with Crippen LogP contribution in [0.15, 0.2) is 0 Å². The van der Waals surface area contributed by atoms with Crippen LogP contribution in [0.3, 0.4) is 0 Å². The average Bonchev–Trinajstić information content (AvgIpc) is 2.70. The Morgan fingerprint density at radius 1 is 0.872 bits per heavy atom. The molecule has 0 aliphatic carbocycles. The van der Waals surface area contributed by atoms with Crippen LogP contribution < -0.4 is 16.8 Å². The van der Waals surface area contributed by atoms with E-state index in [0.717, 1.165) is 19.3 Å². The Morgan fingerprint density at radius 3 is 1.90 bits per heavy atom. The molecule has 6 nitrogen and oxygen atoms in total. The minimum atomic E-state index is -0.578. The van der Waals surface area contributed by atoms with E-state index in [9.17, 15) is 0 Å². The van der Waals surface area contributed by atoms with Crippen LogP contribution in [0.25, 0.3) is 0 Å². The first-order valence-electron chi connectivity index (χ1n) is 15.4. The quantitative estimate of drug-likeness (QED) is 0.331. The number of nitrogens with two attached hydrogens (primary N) is 2. The highest BCUT2D eigenvalue weighted by Gasteiger charge is 2.44. The molecule has 0 bridgehead atoms. The maximum absolute atomic E-state index is 6.87. The maximum atomic E-state index is 6.87. The molecule has 234 valence electrons. The Kier molecular flexibility index (Phi) is 11.8. The Hall–Kier alpha value is -0.240. The minimum Gasteiger partial charge on any atom is -0.375 e. The molecule has 0 aromatic rings.